The van der Waals surface area contributed by atoms with Crippen LogP contribution in [0.5, 0.6) is 11.5 Å². The van der Waals surface area contributed by atoms with Crippen molar-refractivity contribution >= 4 is 5.91 Å². The van der Waals surface area contributed by atoms with Gasteiger partial charge in [-0.25, -0.2) is 0 Å². The van der Waals surface area contributed by atoms with Crippen LogP contribution >= 0.6 is 0 Å². The number of allylic oxidation sites excluding steroid dienone is 1. The van der Waals surface area contributed by atoms with Gasteiger partial charge in [-0.2, -0.15) is 0 Å². The number of methoxy groups -OCH3 is 2. The maximum absolute atomic E-state index is 12.6. The van der Waals surface area contributed by atoms with E-state index < -0.39 is 0 Å². The molecule has 126 valence electrons. The van der Waals surface area contributed by atoms with Crippen LogP contribution in [0.25, 0.3) is 0 Å². The monoisotopic (exact) mass is 326 g/mol. The maximum atomic E-state index is 12.6. The number of hydrogen-bond donors (Lipinski definition) is 1. The fourth-order valence-electron chi connectivity index (χ4n) is 2.47. The lowest BCUT2D eigenvalue weighted by molar-refractivity contribution is 0.0938. The molecule has 0 radical (unpaired) electrons. The molecule has 1 heterocycles. The van der Waals surface area contributed by atoms with E-state index in [0.717, 1.165) is 11.3 Å². The predicted octanol–water partition coefficient (Wildman–Crippen LogP) is 3.32. The zero-order chi connectivity index (χ0) is 17.5. The van der Waals surface area contributed by atoms with Crippen molar-refractivity contribution < 1.29 is 14.3 Å². The Morgan fingerprint density at radius 1 is 1.33 bits per heavy atom. The van der Waals surface area contributed by atoms with Gasteiger partial charge in [-0.15, -0.1) is 6.58 Å². The number of pyridine rings is 1. The highest BCUT2D eigenvalue weighted by Gasteiger charge is 2.17. The molecule has 0 saturated carbocycles. The number of carbonyl (C=O) groups excluding carboxylic acids is 1. The molecule has 0 saturated heterocycles. The Kier molecular flexibility index (Phi) is 5.95. The third kappa shape index (κ3) is 3.93. The molecule has 2 aromatic rings. The highest BCUT2D eigenvalue weighted by Crippen LogP contribution is 2.33. The Bertz CT molecular complexity index is 714. The van der Waals surface area contributed by atoms with Gasteiger partial charge >= 0.3 is 0 Å². The molecule has 1 atom stereocenters. The van der Waals surface area contributed by atoms with Gasteiger partial charge in [0.2, 0.25) is 0 Å². The third-order valence-electron chi connectivity index (χ3n) is 3.66. The van der Waals surface area contributed by atoms with Crippen LogP contribution in [0.4, 0.5) is 0 Å². The number of nitrogens with one attached hydrogen (secondary N) is 1. The van der Waals surface area contributed by atoms with Crippen molar-refractivity contribution in [1.29, 1.82) is 0 Å². The van der Waals surface area contributed by atoms with Gasteiger partial charge in [-0.05, 0) is 37.6 Å². The summed E-state index contributed by atoms with van der Waals surface area (Å²) >= 11 is 0. The lowest BCUT2D eigenvalue weighted by Crippen LogP contribution is -2.27. The SMILES string of the molecule is C=CCc1cc(C(=O)NC(C)c2ccccn2)cc(OC)c1OC. The molecule has 5 nitrogen and oxygen atoms in total. The van der Waals surface area contributed by atoms with Gasteiger partial charge in [0.1, 0.15) is 0 Å². The number of nitrogens with zero attached hydrogens (tertiary/aromatic N) is 1. The molecule has 5 heteroatoms. The number of carbonyl (C=O) groups is 1. The van der Waals surface area contributed by atoms with Crippen LogP contribution in [0, 0.1) is 0 Å². The molecule has 1 N–H and O–H groups in total. The van der Waals surface area contributed by atoms with Crippen LogP contribution in [0.15, 0.2) is 49.2 Å². The zero-order valence-electron chi connectivity index (χ0n) is 14.2. The molecule has 1 aromatic heterocycles. The molecule has 0 fully saturated rings. The second-order valence-corrected chi connectivity index (χ2v) is 5.31. The molecule has 0 aliphatic rings. The first-order valence-electron chi connectivity index (χ1n) is 7.68. The Morgan fingerprint density at radius 2 is 2.12 bits per heavy atom. The first-order chi connectivity index (χ1) is 11.6. The molecule has 0 aliphatic heterocycles. The third-order valence-corrected chi connectivity index (χ3v) is 3.66. The topological polar surface area (TPSA) is 60.5 Å². The van der Waals surface area contributed by atoms with Gasteiger partial charge in [-0.1, -0.05) is 12.1 Å². The molecule has 0 spiro atoms. The van der Waals surface area contributed by atoms with Crippen LogP contribution in [0.1, 0.15) is 34.6 Å². The molecular formula is C19H22N2O3. The van der Waals surface area contributed by atoms with Crippen molar-refractivity contribution in [2.45, 2.75) is 19.4 Å². The minimum Gasteiger partial charge on any atom is -0.493 e. The van der Waals surface area contributed by atoms with Crippen molar-refractivity contribution in [3.05, 3.63) is 66.0 Å². The quantitative estimate of drug-likeness (QED) is 0.793. The lowest BCUT2D eigenvalue weighted by atomic mass is 10.0. The van der Waals surface area contributed by atoms with Crippen LogP contribution < -0.4 is 14.8 Å². The van der Waals surface area contributed by atoms with Crippen LogP contribution in [-0.2, 0) is 6.42 Å². The maximum Gasteiger partial charge on any atom is 0.251 e. The first kappa shape index (κ1) is 17.5. The number of hydrogen-bond acceptors (Lipinski definition) is 4. The molecule has 1 aromatic carbocycles. The van der Waals surface area contributed by atoms with Gasteiger partial charge in [-0.3, -0.25) is 9.78 Å². The van der Waals surface area contributed by atoms with E-state index in [1.165, 1.54) is 0 Å². The molecule has 1 amide bonds. The van der Waals surface area contributed by atoms with E-state index in [4.69, 9.17) is 9.47 Å². The molecule has 0 bridgehead atoms. The fraction of sp³-hybridized carbons (Fsp3) is 0.263. The number of rotatable bonds is 7. The summed E-state index contributed by atoms with van der Waals surface area (Å²) in [6, 6.07) is 8.88. The second kappa shape index (κ2) is 8.15. The summed E-state index contributed by atoms with van der Waals surface area (Å²) in [5.74, 6) is 0.943. The zero-order valence-corrected chi connectivity index (χ0v) is 14.2. The predicted molar refractivity (Wildman–Crippen MR) is 93.6 cm³/mol. The van der Waals surface area contributed by atoms with Gasteiger partial charge < -0.3 is 14.8 Å². The summed E-state index contributed by atoms with van der Waals surface area (Å²) in [5.41, 5.74) is 2.16. The molecule has 1 unspecified atom stereocenters. The van der Waals surface area contributed by atoms with E-state index in [1.807, 2.05) is 25.1 Å². The highest BCUT2D eigenvalue weighted by molar-refractivity contribution is 5.95. The minimum atomic E-state index is -0.199. The Balaban J connectivity index is 2.28. The average molecular weight is 326 g/mol. The van der Waals surface area contributed by atoms with E-state index >= 15 is 0 Å². The smallest absolute Gasteiger partial charge is 0.251 e. The Labute approximate surface area is 142 Å². The number of aromatic nitrogens is 1. The van der Waals surface area contributed by atoms with Crippen LogP contribution in [0.2, 0.25) is 0 Å². The summed E-state index contributed by atoms with van der Waals surface area (Å²) in [6.07, 6.45) is 4.04. The van der Waals surface area contributed by atoms with E-state index in [-0.39, 0.29) is 11.9 Å². The highest BCUT2D eigenvalue weighted by atomic mass is 16.5. The van der Waals surface area contributed by atoms with E-state index in [9.17, 15) is 4.79 Å². The van der Waals surface area contributed by atoms with Crippen LogP contribution in [-0.4, -0.2) is 25.1 Å². The van der Waals surface area contributed by atoms with Gasteiger partial charge in [0.25, 0.3) is 5.91 Å². The van der Waals surface area contributed by atoms with Gasteiger partial charge in [0, 0.05) is 17.3 Å². The standard InChI is InChI=1S/C19H22N2O3/c1-5-8-14-11-15(12-17(23-3)18(14)24-4)19(22)21-13(2)16-9-6-7-10-20-16/h5-7,9-13H,1,8H2,2-4H3,(H,21,22). The normalized spacial score (nSPS) is 11.5. The molecule has 2 rings (SSSR count). The van der Waals surface area contributed by atoms with Crippen molar-refractivity contribution in [3.63, 3.8) is 0 Å². The van der Waals surface area contributed by atoms with E-state index in [0.29, 0.717) is 23.5 Å². The summed E-state index contributed by atoms with van der Waals surface area (Å²) < 4.78 is 10.7. The molecule has 0 aliphatic carbocycles. The number of ether oxygens (including phenoxy) is 2. The number of benzene rings is 1. The van der Waals surface area contributed by atoms with Crippen molar-refractivity contribution in [1.82, 2.24) is 10.3 Å². The minimum absolute atomic E-state index is 0.195. The van der Waals surface area contributed by atoms with E-state index in [2.05, 4.69) is 16.9 Å². The fourth-order valence-corrected chi connectivity index (χ4v) is 2.47. The number of amides is 1. The van der Waals surface area contributed by atoms with Crippen LogP contribution in [0.3, 0.4) is 0 Å². The first-order valence-corrected chi connectivity index (χ1v) is 7.68. The van der Waals surface area contributed by atoms with Crippen molar-refractivity contribution in [2.75, 3.05) is 14.2 Å². The van der Waals surface area contributed by atoms with E-state index in [1.54, 1.807) is 38.6 Å². The summed E-state index contributed by atoms with van der Waals surface area (Å²) in [4.78, 5) is 16.9. The molecule has 24 heavy (non-hydrogen) atoms. The van der Waals surface area contributed by atoms with Gasteiger partial charge in [0.15, 0.2) is 11.5 Å². The Morgan fingerprint density at radius 3 is 2.71 bits per heavy atom. The van der Waals surface area contributed by atoms with Gasteiger partial charge in [0.05, 0.1) is 26.0 Å². The molecular weight excluding hydrogens is 304 g/mol. The largest absolute Gasteiger partial charge is 0.493 e. The summed E-state index contributed by atoms with van der Waals surface area (Å²) in [7, 11) is 3.13. The second-order valence-electron chi connectivity index (χ2n) is 5.31. The van der Waals surface area contributed by atoms with Crippen molar-refractivity contribution in [3.8, 4) is 11.5 Å². The van der Waals surface area contributed by atoms with Crippen molar-refractivity contribution in [2.24, 2.45) is 0 Å². The summed E-state index contributed by atoms with van der Waals surface area (Å²) in [6.45, 7) is 5.64. The average Bonchev–Trinajstić information content (AvgIpc) is 2.61. The summed E-state index contributed by atoms with van der Waals surface area (Å²) in [5, 5.41) is 2.95. The lowest BCUT2D eigenvalue weighted by Gasteiger charge is -2.16. The Hall–Kier alpha value is -2.82.